The van der Waals surface area contributed by atoms with Crippen molar-refractivity contribution in [2.45, 2.75) is 6.92 Å². The summed E-state index contributed by atoms with van der Waals surface area (Å²) in [5.41, 5.74) is 2.17. The van der Waals surface area contributed by atoms with Crippen LogP contribution in [-0.2, 0) is 0 Å². The Morgan fingerprint density at radius 2 is 2.08 bits per heavy atom. The van der Waals surface area contributed by atoms with Gasteiger partial charge in [0.05, 0.1) is 12.1 Å². The van der Waals surface area contributed by atoms with Gasteiger partial charge in [0, 0.05) is 21.8 Å². The van der Waals surface area contributed by atoms with Crippen molar-refractivity contribution in [3.8, 4) is 23.6 Å². The van der Waals surface area contributed by atoms with Crippen LogP contribution in [0.25, 0.3) is 11.3 Å². The lowest BCUT2D eigenvalue weighted by molar-refractivity contribution is 0.0954. The molecule has 0 saturated carbocycles. The third-order valence-electron chi connectivity index (χ3n) is 3.75. The average molecular weight is 412 g/mol. The Labute approximate surface area is 158 Å². The van der Waals surface area contributed by atoms with Crippen LogP contribution in [0.5, 0.6) is 0 Å². The number of hydrogen-bond donors (Lipinski definition) is 2. The molecule has 0 unspecified atom stereocenters. The number of halogens is 1. The first-order valence-corrected chi connectivity index (χ1v) is 8.47. The fraction of sp³-hybridized carbons (Fsp3) is 0.105. The van der Waals surface area contributed by atoms with E-state index in [1.807, 2.05) is 24.3 Å². The minimum atomic E-state index is -0.378. The molecular weight excluding hydrogens is 398 g/mol. The molecule has 2 aromatic heterocycles. The van der Waals surface area contributed by atoms with Gasteiger partial charge in [0.15, 0.2) is 5.78 Å². The van der Waals surface area contributed by atoms with E-state index >= 15 is 0 Å². The summed E-state index contributed by atoms with van der Waals surface area (Å²) in [5, 5.41) is 6.56. The maximum absolute atomic E-state index is 12.9. The number of benzene rings is 1. The minimum absolute atomic E-state index is 0.111. The van der Waals surface area contributed by atoms with E-state index < -0.39 is 0 Å². The zero-order valence-electron chi connectivity index (χ0n) is 13.8. The number of nitrogens with one attached hydrogen (secondary N) is 2. The van der Waals surface area contributed by atoms with E-state index in [0.29, 0.717) is 22.6 Å². The number of ketones is 1. The van der Waals surface area contributed by atoms with Crippen LogP contribution in [0, 0.1) is 19.3 Å². The Hall–Kier alpha value is -3.11. The minimum Gasteiger partial charge on any atom is -0.360 e. The van der Waals surface area contributed by atoms with Crippen molar-refractivity contribution in [3.63, 3.8) is 0 Å². The number of rotatable bonds is 5. The smallest absolute Gasteiger partial charge is 0.268 e. The molecule has 3 rings (SSSR count). The Morgan fingerprint density at radius 1 is 1.35 bits per heavy atom. The second-order valence-corrected chi connectivity index (χ2v) is 6.40. The molecule has 6 nitrogen and oxygen atoms in total. The molecule has 0 atom stereocenters. The van der Waals surface area contributed by atoms with Gasteiger partial charge < -0.3 is 14.8 Å². The van der Waals surface area contributed by atoms with Crippen LogP contribution < -0.4 is 5.32 Å². The van der Waals surface area contributed by atoms with Crippen molar-refractivity contribution in [3.05, 3.63) is 63.6 Å². The second kappa shape index (κ2) is 7.42. The number of amides is 1. The van der Waals surface area contributed by atoms with Crippen molar-refractivity contribution in [1.82, 2.24) is 15.5 Å². The van der Waals surface area contributed by atoms with Crippen LogP contribution in [0.4, 0.5) is 0 Å². The number of hydrogen-bond acceptors (Lipinski definition) is 4. The maximum Gasteiger partial charge on any atom is 0.268 e. The molecule has 1 aromatic carbocycles. The largest absolute Gasteiger partial charge is 0.360 e. The molecule has 7 heteroatoms. The molecule has 2 N–H and O–H groups in total. The highest BCUT2D eigenvalue weighted by Gasteiger charge is 2.24. The molecule has 0 bridgehead atoms. The van der Waals surface area contributed by atoms with Crippen LogP contribution in [0.3, 0.4) is 0 Å². The molecule has 26 heavy (non-hydrogen) atoms. The zero-order valence-corrected chi connectivity index (χ0v) is 15.4. The number of carbonyl (C=O) groups excluding carboxylic acids is 2. The molecule has 0 aliphatic carbocycles. The Balaban J connectivity index is 1.93. The van der Waals surface area contributed by atoms with Crippen LogP contribution in [-0.4, -0.2) is 28.4 Å². The Morgan fingerprint density at radius 3 is 2.77 bits per heavy atom. The Bertz CT molecular complexity index is 1010. The maximum atomic E-state index is 12.9. The summed E-state index contributed by atoms with van der Waals surface area (Å²) in [5.74, 6) is 2.07. The lowest BCUT2D eigenvalue weighted by Crippen LogP contribution is -2.23. The van der Waals surface area contributed by atoms with Gasteiger partial charge in [-0.1, -0.05) is 39.1 Å². The first kappa shape index (κ1) is 17.7. The quantitative estimate of drug-likeness (QED) is 0.497. The van der Waals surface area contributed by atoms with Crippen LogP contribution in [0.1, 0.15) is 32.2 Å². The average Bonchev–Trinajstić information content (AvgIpc) is 3.27. The molecule has 0 saturated heterocycles. The predicted octanol–water partition coefficient (Wildman–Crippen LogP) is 3.33. The number of H-pyrrole nitrogens is 1. The second-order valence-electron chi connectivity index (χ2n) is 5.49. The number of carbonyl (C=O) groups is 2. The molecular formula is C19H14BrN3O3. The number of nitrogens with zero attached hydrogens (tertiary/aromatic N) is 1. The summed E-state index contributed by atoms with van der Waals surface area (Å²) in [7, 11) is 0. The molecule has 3 aromatic rings. The van der Waals surface area contributed by atoms with Crippen molar-refractivity contribution >= 4 is 27.6 Å². The van der Waals surface area contributed by atoms with Crippen LogP contribution in [0.15, 0.2) is 45.5 Å². The van der Waals surface area contributed by atoms with Gasteiger partial charge in [0.2, 0.25) is 0 Å². The number of aryl methyl sites for hydroxylation is 1. The summed E-state index contributed by atoms with van der Waals surface area (Å²) >= 11 is 3.38. The van der Waals surface area contributed by atoms with Crippen LogP contribution in [0.2, 0.25) is 0 Å². The van der Waals surface area contributed by atoms with Crippen molar-refractivity contribution in [1.29, 1.82) is 0 Å². The van der Waals surface area contributed by atoms with Crippen LogP contribution >= 0.6 is 15.9 Å². The molecule has 0 spiro atoms. The summed E-state index contributed by atoms with van der Waals surface area (Å²) in [6.45, 7) is 1.79. The molecule has 0 radical (unpaired) electrons. The fourth-order valence-corrected chi connectivity index (χ4v) is 2.74. The van der Waals surface area contributed by atoms with E-state index in [-0.39, 0.29) is 23.9 Å². The summed E-state index contributed by atoms with van der Waals surface area (Å²) in [6.07, 6.45) is 6.60. The zero-order chi connectivity index (χ0) is 18.7. The molecule has 0 fully saturated rings. The van der Waals surface area contributed by atoms with E-state index in [2.05, 4.69) is 37.3 Å². The predicted molar refractivity (Wildman–Crippen MR) is 99.8 cm³/mol. The van der Waals surface area contributed by atoms with Crippen molar-refractivity contribution in [2.75, 3.05) is 6.54 Å². The normalized spacial score (nSPS) is 10.3. The van der Waals surface area contributed by atoms with E-state index in [1.54, 1.807) is 6.92 Å². The lowest BCUT2D eigenvalue weighted by atomic mass is 9.99. The fourth-order valence-electron chi connectivity index (χ4n) is 2.47. The van der Waals surface area contributed by atoms with Gasteiger partial charge in [0.25, 0.3) is 5.91 Å². The topological polar surface area (TPSA) is 88.0 Å². The third-order valence-corrected chi connectivity index (χ3v) is 4.28. The molecule has 130 valence electrons. The van der Waals surface area contributed by atoms with Crippen molar-refractivity contribution < 1.29 is 14.1 Å². The monoisotopic (exact) mass is 411 g/mol. The third kappa shape index (κ3) is 3.46. The van der Waals surface area contributed by atoms with E-state index in [0.717, 1.165) is 10.0 Å². The van der Waals surface area contributed by atoms with Gasteiger partial charge in [-0.05, 0) is 25.1 Å². The number of aromatic amines is 1. The SMILES string of the molecule is C#CCNC(=O)c1cc(C(=O)c2c(-c3ccc(Br)cc3)noc2C)c[nH]1. The number of aromatic nitrogens is 2. The molecule has 2 heterocycles. The van der Waals surface area contributed by atoms with Gasteiger partial charge in [0.1, 0.15) is 17.1 Å². The van der Waals surface area contributed by atoms with E-state index in [1.165, 1.54) is 12.3 Å². The Kier molecular flexibility index (Phi) is 5.05. The first-order valence-electron chi connectivity index (χ1n) is 7.68. The van der Waals surface area contributed by atoms with E-state index in [4.69, 9.17) is 10.9 Å². The highest BCUT2D eigenvalue weighted by Crippen LogP contribution is 2.28. The van der Waals surface area contributed by atoms with E-state index in [9.17, 15) is 9.59 Å². The summed E-state index contributed by atoms with van der Waals surface area (Å²) in [4.78, 5) is 27.7. The number of terminal acetylenes is 1. The molecule has 1 amide bonds. The van der Waals surface area contributed by atoms with Gasteiger partial charge in [-0.25, -0.2) is 0 Å². The molecule has 0 aliphatic rings. The van der Waals surface area contributed by atoms with Crippen molar-refractivity contribution in [2.24, 2.45) is 0 Å². The summed E-state index contributed by atoms with van der Waals surface area (Å²) in [6, 6.07) is 8.88. The van der Waals surface area contributed by atoms with Gasteiger partial charge in [-0.3, -0.25) is 9.59 Å². The lowest BCUT2D eigenvalue weighted by Gasteiger charge is -2.01. The first-order chi connectivity index (χ1) is 12.5. The molecule has 0 aliphatic heterocycles. The highest BCUT2D eigenvalue weighted by molar-refractivity contribution is 9.10. The van der Waals surface area contributed by atoms with Gasteiger partial charge in [-0.2, -0.15) is 0 Å². The van der Waals surface area contributed by atoms with Gasteiger partial charge >= 0.3 is 0 Å². The summed E-state index contributed by atoms with van der Waals surface area (Å²) < 4.78 is 6.16. The highest BCUT2D eigenvalue weighted by atomic mass is 79.9. The standard InChI is InChI=1S/C19H14BrN3O3/c1-3-8-21-19(25)15-9-13(10-22-15)18(24)16-11(2)26-23-17(16)12-4-6-14(20)7-5-12/h1,4-7,9-10,22H,8H2,2H3,(H,21,25). The van der Waals surface area contributed by atoms with Gasteiger partial charge in [-0.15, -0.1) is 6.42 Å².